The van der Waals surface area contributed by atoms with Crippen LogP contribution in [0.5, 0.6) is 5.88 Å². The summed E-state index contributed by atoms with van der Waals surface area (Å²) in [5.41, 5.74) is 4.59. The van der Waals surface area contributed by atoms with Gasteiger partial charge in [0.1, 0.15) is 11.2 Å². The number of hydrogen-bond donors (Lipinski definition) is 0. The molecule has 140 valence electrons. The number of aryl methyl sites for hydroxylation is 2. The number of nitrogens with zero attached hydrogens (tertiary/aromatic N) is 4. The fourth-order valence-corrected chi connectivity index (χ4v) is 3.88. The smallest absolute Gasteiger partial charge is 0.272 e. The third-order valence-corrected chi connectivity index (χ3v) is 5.41. The molecule has 1 atom stereocenters. The van der Waals surface area contributed by atoms with Gasteiger partial charge in [0, 0.05) is 23.9 Å². The van der Waals surface area contributed by atoms with E-state index in [9.17, 15) is 4.79 Å². The van der Waals surface area contributed by atoms with Crippen LogP contribution in [0.1, 0.15) is 43.6 Å². The second-order valence-electron chi connectivity index (χ2n) is 7.20. The molecule has 0 unspecified atom stereocenters. The van der Waals surface area contributed by atoms with Crippen LogP contribution >= 0.6 is 0 Å². The van der Waals surface area contributed by atoms with Crippen molar-refractivity contribution >= 4 is 11.0 Å². The van der Waals surface area contributed by atoms with Gasteiger partial charge in [0.2, 0.25) is 5.88 Å². The van der Waals surface area contributed by atoms with Crippen LogP contribution in [-0.2, 0) is 0 Å². The highest BCUT2D eigenvalue weighted by Gasteiger charge is 2.33. The number of fused-ring (bicyclic) bond motifs is 1. The van der Waals surface area contributed by atoms with Crippen molar-refractivity contribution in [2.75, 3.05) is 7.11 Å². The van der Waals surface area contributed by atoms with Crippen molar-refractivity contribution in [3.8, 4) is 17.1 Å². The monoisotopic (exact) mass is 364 g/mol. The Morgan fingerprint density at radius 1 is 1.19 bits per heavy atom. The molecule has 0 amide bonds. The Kier molecular flexibility index (Phi) is 4.42. The van der Waals surface area contributed by atoms with Gasteiger partial charge in [-0.2, -0.15) is 0 Å². The van der Waals surface area contributed by atoms with Crippen LogP contribution in [0.3, 0.4) is 0 Å². The lowest BCUT2D eigenvalue weighted by Gasteiger charge is -2.21. The molecule has 1 saturated carbocycles. The maximum absolute atomic E-state index is 13.0. The number of methoxy groups -OCH3 is 1. The van der Waals surface area contributed by atoms with E-state index in [0.717, 1.165) is 34.4 Å². The van der Waals surface area contributed by atoms with Crippen LogP contribution in [0.25, 0.3) is 22.3 Å². The molecular weight excluding hydrogens is 340 g/mol. The van der Waals surface area contributed by atoms with Crippen LogP contribution in [0.2, 0.25) is 0 Å². The average molecular weight is 364 g/mol. The Balaban J connectivity index is 1.99. The predicted octanol–water partition coefficient (Wildman–Crippen LogP) is 3.84. The molecule has 6 heteroatoms. The van der Waals surface area contributed by atoms with Crippen LogP contribution < -0.4 is 10.3 Å². The maximum Gasteiger partial charge on any atom is 0.272 e. The molecule has 0 N–H and O–H groups in total. The maximum atomic E-state index is 13.0. The van der Waals surface area contributed by atoms with Crippen LogP contribution in [-0.4, -0.2) is 26.6 Å². The molecule has 1 aliphatic rings. The summed E-state index contributed by atoms with van der Waals surface area (Å²) in [6.07, 6.45) is 5.07. The van der Waals surface area contributed by atoms with E-state index in [1.807, 2.05) is 29.7 Å². The summed E-state index contributed by atoms with van der Waals surface area (Å²) in [5.74, 6) is 1.15. The Hall–Kier alpha value is -2.76. The SMILES string of the molecule is CC[C@H](C1CC1)n1c(=O)c(C)nc2c(-c3ccc(OC)nc3C)nccc21. The number of aromatic nitrogens is 4. The normalized spacial score (nSPS) is 15.1. The molecule has 3 aromatic heterocycles. The van der Waals surface area contributed by atoms with Gasteiger partial charge in [-0.3, -0.25) is 9.78 Å². The molecule has 4 rings (SSSR count). The summed E-state index contributed by atoms with van der Waals surface area (Å²) in [4.78, 5) is 26.7. The van der Waals surface area contributed by atoms with Crippen molar-refractivity contribution in [2.45, 2.75) is 46.1 Å². The van der Waals surface area contributed by atoms with Gasteiger partial charge in [-0.1, -0.05) is 6.92 Å². The van der Waals surface area contributed by atoms with E-state index in [1.54, 1.807) is 20.2 Å². The quantitative estimate of drug-likeness (QED) is 0.688. The zero-order valence-electron chi connectivity index (χ0n) is 16.2. The number of rotatable bonds is 5. The van der Waals surface area contributed by atoms with Gasteiger partial charge in [-0.25, -0.2) is 9.97 Å². The van der Waals surface area contributed by atoms with E-state index in [2.05, 4.69) is 21.9 Å². The van der Waals surface area contributed by atoms with Gasteiger partial charge < -0.3 is 9.30 Å². The summed E-state index contributed by atoms with van der Waals surface area (Å²) >= 11 is 0. The molecule has 0 bridgehead atoms. The standard InChI is InChI=1S/C21H24N4O2/c1-5-16(14-6-7-14)25-17-10-11-22-19(20(17)24-13(3)21(25)26)15-8-9-18(27-4)23-12(15)2/h8-11,14,16H,5-7H2,1-4H3/t16-/m1/s1. The first kappa shape index (κ1) is 17.6. The fourth-order valence-electron chi connectivity index (χ4n) is 3.88. The van der Waals surface area contributed by atoms with E-state index < -0.39 is 0 Å². The summed E-state index contributed by atoms with van der Waals surface area (Å²) in [6, 6.07) is 5.90. The molecule has 3 heterocycles. The molecular formula is C21H24N4O2. The molecule has 6 nitrogen and oxygen atoms in total. The zero-order chi connectivity index (χ0) is 19.1. The molecule has 1 fully saturated rings. The van der Waals surface area contributed by atoms with Crippen molar-refractivity contribution < 1.29 is 4.74 Å². The fraction of sp³-hybridized carbons (Fsp3) is 0.429. The third-order valence-electron chi connectivity index (χ3n) is 5.41. The second kappa shape index (κ2) is 6.76. The van der Waals surface area contributed by atoms with Crippen molar-refractivity contribution in [1.29, 1.82) is 0 Å². The van der Waals surface area contributed by atoms with Gasteiger partial charge in [0.15, 0.2) is 0 Å². The number of ether oxygens (including phenoxy) is 1. The van der Waals surface area contributed by atoms with Gasteiger partial charge in [0.05, 0.1) is 24.0 Å². The average Bonchev–Trinajstić information content (AvgIpc) is 3.50. The molecule has 0 aromatic carbocycles. The Labute approximate surface area is 158 Å². The molecule has 1 aliphatic carbocycles. The first-order valence-electron chi connectivity index (χ1n) is 9.45. The van der Waals surface area contributed by atoms with Crippen molar-refractivity contribution in [3.05, 3.63) is 46.1 Å². The first-order chi connectivity index (χ1) is 13.0. The molecule has 3 aromatic rings. The minimum Gasteiger partial charge on any atom is -0.481 e. The Morgan fingerprint density at radius 2 is 1.96 bits per heavy atom. The van der Waals surface area contributed by atoms with Crippen LogP contribution in [0, 0.1) is 19.8 Å². The lowest BCUT2D eigenvalue weighted by atomic mass is 10.1. The Bertz CT molecular complexity index is 1070. The summed E-state index contributed by atoms with van der Waals surface area (Å²) in [6.45, 7) is 5.87. The highest BCUT2D eigenvalue weighted by molar-refractivity contribution is 5.90. The topological polar surface area (TPSA) is 69.9 Å². The van der Waals surface area contributed by atoms with Crippen molar-refractivity contribution in [1.82, 2.24) is 19.5 Å². The van der Waals surface area contributed by atoms with Gasteiger partial charge >= 0.3 is 0 Å². The van der Waals surface area contributed by atoms with E-state index in [-0.39, 0.29) is 11.6 Å². The summed E-state index contributed by atoms with van der Waals surface area (Å²) in [7, 11) is 1.60. The van der Waals surface area contributed by atoms with E-state index >= 15 is 0 Å². The van der Waals surface area contributed by atoms with E-state index in [0.29, 0.717) is 17.5 Å². The van der Waals surface area contributed by atoms with Gasteiger partial charge in [-0.15, -0.1) is 0 Å². The highest BCUT2D eigenvalue weighted by Crippen LogP contribution is 2.42. The van der Waals surface area contributed by atoms with Gasteiger partial charge in [-0.05, 0) is 51.2 Å². The third kappa shape index (κ3) is 2.99. The molecule has 27 heavy (non-hydrogen) atoms. The van der Waals surface area contributed by atoms with Crippen molar-refractivity contribution in [3.63, 3.8) is 0 Å². The van der Waals surface area contributed by atoms with Gasteiger partial charge in [0.25, 0.3) is 5.56 Å². The minimum atomic E-state index is 0.00276. The zero-order valence-corrected chi connectivity index (χ0v) is 16.2. The van der Waals surface area contributed by atoms with Crippen molar-refractivity contribution in [2.24, 2.45) is 5.92 Å². The van der Waals surface area contributed by atoms with E-state index in [1.165, 1.54) is 12.8 Å². The second-order valence-corrected chi connectivity index (χ2v) is 7.20. The largest absolute Gasteiger partial charge is 0.481 e. The molecule has 0 saturated heterocycles. The first-order valence-corrected chi connectivity index (χ1v) is 9.45. The Morgan fingerprint density at radius 3 is 2.59 bits per heavy atom. The number of hydrogen-bond acceptors (Lipinski definition) is 5. The highest BCUT2D eigenvalue weighted by atomic mass is 16.5. The number of pyridine rings is 2. The lowest BCUT2D eigenvalue weighted by Crippen LogP contribution is -2.29. The minimum absolute atomic E-state index is 0.00276. The van der Waals surface area contributed by atoms with E-state index in [4.69, 9.17) is 4.74 Å². The van der Waals surface area contributed by atoms with Crippen LogP contribution in [0.15, 0.2) is 29.2 Å². The molecule has 0 spiro atoms. The van der Waals surface area contributed by atoms with Crippen LogP contribution in [0.4, 0.5) is 0 Å². The summed E-state index contributed by atoms with van der Waals surface area (Å²) < 4.78 is 7.17. The lowest BCUT2D eigenvalue weighted by molar-refractivity contribution is 0.397. The molecule has 0 aliphatic heterocycles. The summed E-state index contributed by atoms with van der Waals surface area (Å²) in [5, 5.41) is 0. The molecule has 0 radical (unpaired) electrons. The predicted molar refractivity (Wildman–Crippen MR) is 105 cm³/mol.